The Bertz CT molecular complexity index is 729. The highest BCUT2D eigenvalue weighted by molar-refractivity contribution is 7.98. The zero-order chi connectivity index (χ0) is 19.5. The fourth-order valence-corrected chi connectivity index (χ4v) is 3.04. The molecule has 0 aliphatic carbocycles. The van der Waals surface area contributed by atoms with Crippen molar-refractivity contribution < 1.29 is 23.8 Å². The molecule has 144 valence electrons. The van der Waals surface area contributed by atoms with Gasteiger partial charge in [0.2, 0.25) is 0 Å². The Morgan fingerprint density at radius 3 is 2.30 bits per heavy atom. The van der Waals surface area contributed by atoms with Gasteiger partial charge >= 0.3 is 5.97 Å². The summed E-state index contributed by atoms with van der Waals surface area (Å²) in [4.78, 5) is 23.9. The molecule has 0 spiro atoms. The molecule has 0 aliphatic heterocycles. The zero-order valence-electron chi connectivity index (χ0n) is 15.4. The Hall–Kier alpha value is -2.67. The predicted octanol–water partition coefficient (Wildman–Crippen LogP) is 2.91. The molecule has 1 amide bonds. The number of hydrogen-bond acceptors (Lipinski definition) is 6. The van der Waals surface area contributed by atoms with Gasteiger partial charge in [0.1, 0.15) is 11.5 Å². The van der Waals surface area contributed by atoms with Gasteiger partial charge < -0.3 is 19.5 Å². The molecule has 0 heterocycles. The van der Waals surface area contributed by atoms with Crippen LogP contribution in [0.15, 0.2) is 48.5 Å². The van der Waals surface area contributed by atoms with Crippen molar-refractivity contribution in [1.29, 1.82) is 0 Å². The quantitative estimate of drug-likeness (QED) is 0.498. The van der Waals surface area contributed by atoms with Gasteiger partial charge in [-0.05, 0) is 17.7 Å². The van der Waals surface area contributed by atoms with Crippen molar-refractivity contribution in [2.45, 2.75) is 5.75 Å². The molecule has 7 heteroatoms. The fourth-order valence-electron chi connectivity index (χ4n) is 2.22. The molecule has 0 aliphatic rings. The third-order valence-electron chi connectivity index (χ3n) is 3.60. The van der Waals surface area contributed by atoms with Crippen molar-refractivity contribution >= 4 is 23.6 Å². The number of amides is 1. The Balaban J connectivity index is 1.68. The lowest BCUT2D eigenvalue weighted by atomic mass is 10.2. The topological polar surface area (TPSA) is 73.9 Å². The highest BCUT2D eigenvalue weighted by atomic mass is 32.2. The highest BCUT2D eigenvalue weighted by Crippen LogP contribution is 2.22. The molecular formula is C20H23NO5S. The molecule has 0 bridgehead atoms. The summed E-state index contributed by atoms with van der Waals surface area (Å²) < 4.78 is 15.3. The first-order valence-electron chi connectivity index (χ1n) is 8.41. The van der Waals surface area contributed by atoms with Crippen molar-refractivity contribution in [2.24, 2.45) is 0 Å². The van der Waals surface area contributed by atoms with Crippen LogP contribution in [0.5, 0.6) is 11.5 Å². The SMILES string of the molecule is COc1cc(OC)cc(C(=O)OCC(=O)NCCSCc2ccccc2)c1. The average molecular weight is 389 g/mol. The molecule has 0 radical (unpaired) electrons. The number of methoxy groups -OCH3 is 2. The van der Waals surface area contributed by atoms with Gasteiger partial charge in [-0.25, -0.2) is 4.79 Å². The molecule has 1 N–H and O–H groups in total. The Kier molecular flexibility index (Phi) is 8.51. The van der Waals surface area contributed by atoms with Gasteiger partial charge in [0.05, 0.1) is 19.8 Å². The second-order valence-corrected chi connectivity index (χ2v) is 6.67. The largest absolute Gasteiger partial charge is 0.497 e. The smallest absolute Gasteiger partial charge is 0.338 e. The van der Waals surface area contributed by atoms with Crippen LogP contribution in [0, 0.1) is 0 Å². The number of carbonyl (C=O) groups is 2. The van der Waals surface area contributed by atoms with E-state index in [1.54, 1.807) is 17.8 Å². The molecule has 0 fully saturated rings. The molecule has 27 heavy (non-hydrogen) atoms. The van der Waals surface area contributed by atoms with Crippen molar-refractivity contribution in [1.82, 2.24) is 5.32 Å². The molecule has 6 nitrogen and oxygen atoms in total. The molecule has 0 saturated heterocycles. The lowest BCUT2D eigenvalue weighted by Gasteiger charge is -2.09. The van der Waals surface area contributed by atoms with Gasteiger partial charge in [0.15, 0.2) is 6.61 Å². The summed E-state index contributed by atoms with van der Waals surface area (Å²) in [6.07, 6.45) is 0. The van der Waals surface area contributed by atoms with Crippen LogP contribution in [-0.2, 0) is 15.3 Å². The van der Waals surface area contributed by atoms with Gasteiger partial charge in [0.25, 0.3) is 5.91 Å². The minimum Gasteiger partial charge on any atom is -0.497 e. The van der Waals surface area contributed by atoms with Crippen LogP contribution in [0.1, 0.15) is 15.9 Å². The summed E-state index contributed by atoms with van der Waals surface area (Å²) in [7, 11) is 2.99. The number of rotatable bonds is 10. The monoisotopic (exact) mass is 389 g/mol. The zero-order valence-corrected chi connectivity index (χ0v) is 16.2. The number of carbonyl (C=O) groups excluding carboxylic acids is 2. The van der Waals surface area contributed by atoms with Gasteiger partial charge in [-0.15, -0.1) is 0 Å². The predicted molar refractivity (Wildman–Crippen MR) is 105 cm³/mol. The van der Waals surface area contributed by atoms with E-state index < -0.39 is 5.97 Å². The van der Waals surface area contributed by atoms with Gasteiger partial charge in [-0.2, -0.15) is 11.8 Å². The maximum absolute atomic E-state index is 12.1. The van der Waals surface area contributed by atoms with Gasteiger partial charge in [-0.3, -0.25) is 4.79 Å². The molecule has 0 unspecified atom stereocenters. The normalized spacial score (nSPS) is 10.1. The average Bonchev–Trinajstić information content (AvgIpc) is 2.72. The minimum atomic E-state index is -0.610. The number of hydrogen-bond donors (Lipinski definition) is 1. The van der Waals surface area contributed by atoms with Crippen molar-refractivity contribution in [3.05, 3.63) is 59.7 Å². The van der Waals surface area contributed by atoms with E-state index in [0.29, 0.717) is 18.0 Å². The Labute approximate surface area is 163 Å². The van der Waals surface area contributed by atoms with Crippen LogP contribution >= 0.6 is 11.8 Å². The fraction of sp³-hybridized carbons (Fsp3) is 0.300. The van der Waals surface area contributed by atoms with Crippen LogP contribution in [0.4, 0.5) is 0 Å². The standard InChI is InChI=1S/C20H23NO5S/c1-24-17-10-16(11-18(12-17)25-2)20(23)26-13-19(22)21-8-9-27-14-15-6-4-3-5-7-15/h3-7,10-12H,8-9,13-14H2,1-2H3,(H,21,22). The summed E-state index contributed by atoms with van der Waals surface area (Å²) in [6, 6.07) is 14.8. The molecule has 2 rings (SSSR count). The maximum atomic E-state index is 12.1. The molecule has 0 atom stereocenters. The first kappa shape index (κ1) is 20.6. The second kappa shape index (κ2) is 11.1. The number of ether oxygens (including phenoxy) is 3. The van der Waals surface area contributed by atoms with Crippen LogP contribution in [0.3, 0.4) is 0 Å². The van der Waals surface area contributed by atoms with E-state index in [4.69, 9.17) is 14.2 Å². The van der Waals surface area contributed by atoms with E-state index in [1.807, 2.05) is 18.2 Å². The molecule has 2 aromatic carbocycles. The number of nitrogens with one attached hydrogen (secondary N) is 1. The molecule has 2 aromatic rings. The van der Waals surface area contributed by atoms with Gasteiger partial charge in [0, 0.05) is 24.1 Å². The Morgan fingerprint density at radius 1 is 1.00 bits per heavy atom. The second-order valence-electron chi connectivity index (χ2n) is 5.57. The summed E-state index contributed by atoms with van der Waals surface area (Å²) in [6.45, 7) is 0.183. The number of esters is 1. The third-order valence-corrected chi connectivity index (χ3v) is 4.63. The van der Waals surface area contributed by atoms with E-state index in [9.17, 15) is 9.59 Å². The summed E-state index contributed by atoms with van der Waals surface area (Å²) >= 11 is 1.73. The van der Waals surface area contributed by atoms with Crippen molar-refractivity contribution in [3.8, 4) is 11.5 Å². The van der Waals surface area contributed by atoms with Crippen molar-refractivity contribution in [3.63, 3.8) is 0 Å². The maximum Gasteiger partial charge on any atom is 0.338 e. The molecule has 0 saturated carbocycles. The lowest BCUT2D eigenvalue weighted by molar-refractivity contribution is -0.124. The molecular weight excluding hydrogens is 366 g/mol. The van der Waals surface area contributed by atoms with Crippen LogP contribution in [-0.4, -0.2) is 45.0 Å². The van der Waals surface area contributed by atoms with E-state index in [1.165, 1.54) is 31.9 Å². The number of thioether (sulfide) groups is 1. The first-order valence-corrected chi connectivity index (χ1v) is 9.56. The van der Waals surface area contributed by atoms with Crippen LogP contribution in [0.2, 0.25) is 0 Å². The van der Waals surface area contributed by atoms with E-state index in [0.717, 1.165) is 11.5 Å². The Morgan fingerprint density at radius 2 is 1.67 bits per heavy atom. The van der Waals surface area contributed by atoms with Gasteiger partial charge in [-0.1, -0.05) is 30.3 Å². The van der Waals surface area contributed by atoms with Crippen molar-refractivity contribution in [2.75, 3.05) is 33.1 Å². The first-order chi connectivity index (χ1) is 13.1. The van der Waals surface area contributed by atoms with Crippen LogP contribution in [0.25, 0.3) is 0 Å². The van der Waals surface area contributed by atoms with E-state index in [-0.39, 0.29) is 18.1 Å². The van der Waals surface area contributed by atoms with E-state index >= 15 is 0 Å². The summed E-state index contributed by atoms with van der Waals surface area (Å²) in [5.41, 5.74) is 1.51. The molecule has 0 aromatic heterocycles. The lowest BCUT2D eigenvalue weighted by Crippen LogP contribution is -2.30. The number of benzene rings is 2. The van der Waals surface area contributed by atoms with E-state index in [2.05, 4.69) is 17.4 Å². The van der Waals surface area contributed by atoms with Crippen LogP contribution < -0.4 is 14.8 Å². The summed E-state index contributed by atoms with van der Waals surface area (Å²) in [5.74, 6) is 1.67. The minimum absolute atomic E-state index is 0.261. The highest BCUT2D eigenvalue weighted by Gasteiger charge is 2.13. The summed E-state index contributed by atoms with van der Waals surface area (Å²) in [5, 5.41) is 2.73. The third kappa shape index (κ3) is 7.22.